The maximum absolute atomic E-state index is 12.6. The number of piperazine rings is 1. The molecule has 9 heteroatoms. The van der Waals surface area contributed by atoms with Gasteiger partial charge in [0, 0.05) is 25.7 Å². The van der Waals surface area contributed by atoms with Crippen LogP contribution in [0.25, 0.3) is 0 Å². The van der Waals surface area contributed by atoms with Crippen LogP contribution in [0.5, 0.6) is 0 Å². The molecule has 1 aromatic heterocycles. The summed E-state index contributed by atoms with van der Waals surface area (Å²) in [6.07, 6.45) is -2.73. The molecule has 1 atom stereocenters. The van der Waals surface area contributed by atoms with Gasteiger partial charge in [-0.05, 0) is 39.8 Å². The monoisotopic (exact) mass is 379 g/mol. The fraction of sp³-hybridized carbons (Fsp3) is 0.688. The van der Waals surface area contributed by atoms with E-state index in [0.717, 1.165) is 0 Å². The third-order valence-electron chi connectivity index (χ3n) is 4.31. The van der Waals surface area contributed by atoms with Crippen molar-refractivity contribution < 1.29 is 21.6 Å². The lowest BCUT2D eigenvalue weighted by molar-refractivity contribution is -0.150. The van der Waals surface area contributed by atoms with Gasteiger partial charge >= 0.3 is 6.18 Å². The van der Waals surface area contributed by atoms with Crippen LogP contribution in [0.15, 0.2) is 23.4 Å². The predicted molar refractivity (Wildman–Crippen MR) is 90.5 cm³/mol. The van der Waals surface area contributed by atoms with Crippen molar-refractivity contribution in [1.82, 2.24) is 9.88 Å². The van der Waals surface area contributed by atoms with Crippen molar-refractivity contribution in [1.29, 1.82) is 0 Å². The van der Waals surface area contributed by atoms with Gasteiger partial charge in [-0.3, -0.25) is 4.90 Å². The topological polar surface area (TPSA) is 53.5 Å². The average molecular weight is 379 g/mol. The smallest absolute Gasteiger partial charge is 0.367 e. The zero-order valence-corrected chi connectivity index (χ0v) is 15.7. The second-order valence-electron chi connectivity index (χ2n) is 7.35. The van der Waals surface area contributed by atoms with E-state index in [9.17, 15) is 21.6 Å². The number of alkyl halides is 3. The highest BCUT2D eigenvalue weighted by Gasteiger charge is 2.35. The summed E-state index contributed by atoms with van der Waals surface area (Å²) in [7, 11) is -3.53. The van der Waals surface area contributed by atoms with Crippen molar-refractivity contribution >= 4 is 15.5 Å². The van der Waals surface area contributed by atoms with E-state index in [4.69, 9.17) is 0 Å². The Bertz CT molecular complexity index is 697. The number of hydrogen-bond donors (Lipinski definition) is 0. The van der Waals surface area contributed by atoms with E-state index in [0.29, 0.717) is 25.3 Å². The molecule has 0 aromatic carbocycles. The normalized spacial score (nSPS) is 20.8. The summed E-state index contributed by atoms with van der Waals surface area (Å²) in [6.45, 7) is 6.84. The molecule has 5 nitrogen and oxygen atoms in total. The molecule has 0 aliphatic carbocycles. The van der Waals surface area contributed by atoms with Crippen LogP contribution in [0.2, 0.25) is 0 Å². The molecule has 1 aromatic rings. The lowest BCUT2D eigenvalue weighted by Gasteiger charge is -2.41. The van der Waals surface area contributed by atoms with Crippen molar-refractivity contribution in [2.75, 3.05) is 31.1 Å². The number of anilines is 1. The molecular weight excluding hydrogens is 355 g/mol. The largest absolute Gasteiger partial charge is 0.401 e. The highest BCUT2D eigenvalue weighted by Crippen LogP contribution is 2.26. The molecule has 0 bridgehead atoms. The van der Waals surface area contributed by atoms with Gasteiger partial charge in [0.25, 0.3) is 0 Å². The summed E-state index contributed by atoms with van der Waals surface area (Å²) in [5.74, 6) is 0. The first-order valence-electron chi connectivity index (χ1n) is 8.08. The third-order valence-corrected chi connectivity index (χ3v) is 6.72. The summed E-state index contributed by atoms with van der Waals surface area (Å²) < 4.78 is 61.5. The molecule has 2 rings (SSSR count). The zero-order chi connectivity index (χ0) is 19.0. The molecule has 1 unspecified atom stereocenters. The maximum atomic E-state index is 12.6. The molecule has 1 fully saturated rings. The average Bonchev–Trinajstić information content (AvgIpc) is 2.47. The number of sulfone groups is 1. The molecule has 2 heterocycles. The molecule has 1 aliphatic rings. The lowest BCUT2D eigenvalue weighted by Crippen LogP contribution is -2.54. The van der Waals surface area contributed by atoms with Gasteiger partial charge in [-0.1, -0.05) is 0 Å². The van der Waals surface area contributed by atoms with Crippen LogP contribution in [-0.2, 0) is 9.84 Å². The summed E-state index contributed by atoms with van der Waals surface area (Å²) in [5.41, 5.74) is 0.714. The molecule has 0 saturated carbocycles. The summed E-state index contributed by atoms with van der Waals surface area (Å²) in [4.78, 5) is 7.41. The van der Waals surface area contributed by atoms with Gasteiger partial charge in [0.1, 0.15) is 0 Å². The molecule has 0 N–H and O–H groups in total. The number of nitrogens with zero attached hydrogens (tertiary/aromatic N) is 3. The van der Waals surface area contributed by atoms with Crippen LogP contribution in [0.4, 0.5) is 18.9 Å². The highest BCUT2D eigenvalue weighted by molar-refractivity contribution is 7.92. The Balaban J connectivity index is 2.10. The molecule has 25 heavy (non-hydrogen) atoms. The summed E-state index contributed by atoms with van der Waals surface area (Å²) >= 11 is 0. The number of hydrogen-bond acceptors (Lipinski definition) is 5. The van der Waals surface area contributed by atoms with Gasteiger partial charge in [0.2, 0.25) is 0 Å². The van der Waals surface area contributed by atoms with Crippen molar-refractivity contribution in [3.63, 3.8) is 0 Å². The zero-order valence-electron chi connectivity index (χ0n) is 14.8. The van der Waals surface area contributed by atoms with Crippen molar-refractivity contribution in [3.05, 3.63) is 18.3 Å². The SMILES string of the molecule is CC1CN(c2ccc(S(=O)(=O)C(C)(C)C)nc2)CCN1CC(F)(F)F. The van der Waals surface area contributed by atoms with Crippen LogP contribution in [0, 0.1) is 0 Å². The van der Waals surface area contributed by atoms with Crippen LogP contribution in [-0.4, -0.2) is 61.4 Å². The standard InChI is InChI=1S/C16H24F3N3O2S/c1-12-10-21(7-8-22(12)11-16(17,18)19)13-5-6-14(20-9-13)25(23,24)15(2,3)4/h5-6,9,12H,7-8,10-11H2,1-4H3. The van der Waals surface area contributed by atoms with Crippen LogP contribution < -0.4 is 4.90 Å². The fourth-order valence-electron chi connectivity index (χ4n) is 2.73. The molecule has 1 saturated heterocycles. The minimum Gasteiger partial charge on any atom is -0.367 e. The lowest BCUT2D eigenvalue weighted by atomic mass is 10.1. The van der Waals surface area contributed by atoms with Gasteiger partial charge < -0.3 is 4.90 Å². The van der Waals surface area contributed by atoms with E-state index < -0.39 is 27.3 Å². The molecule has 1 aliphatic heterocycles. The van der Waals surface area contributed by atoms with Gasteiger partial charge in [-0.2, -0.15) is 13.2 Å². The number of halogens is 3. The van der Waals surface area contributed by atoms with Crippen molar-refractivity contribution in [2.45, 2.75) is 49.7 Å². The Morgan fingerprint density at radius 2 is 1.84 bits per heavy atom. The minimum absolute atomic E-state index is 0.00695. The van der Waals surface area contributed by atoms with Crippen LogP contribution in [0.1, 0.15) is 27.7 Å². The fourth-order valence-corrected chi connectivity index (χ4v) is 3.79. The molecule has 142 valence electrons. The van der Waals surface area contributed by atoms with Crippen molar-refractivity contribution in [3.8, 4) is 0 Å². The molecule has 0 amide bonds. The van der Waals surface area contributed by atoms with E-state index in [1.165, 1.54) is 17.2 Å². The maximum Gasteiger partial charge on any atom is 0.401 e. The molecular formula is C16H24F3N3O2S. The number of pyridine rings is 1. The Hall–Kier alpha value is -1.35. The van der Waals surface area contributed by atoms with E-state index in [-0.39, 0.29) is 11.1 Å². The Morgan fingerprint density at radius 3 is 2.28 bits per heavy atom. The van der Waals surface area contributed by atoms with E-state index >= 15 is 0 Å². The molecule has 0 radical (unpaired) electrons. The van der Waals surface area contributed by atoms with E-state index in [1.807, 2.05) is 4.90 Å². The molecule has 0 spiro atoms. The highest BCUT2D eigenvalue weighted by atomic mass is 32.2. The Labute approximate surface area is 146 Å². The van der Waals surface area contributed by atoms with Crippen molar-refractivity contribution in [2.24, 2.45) is 0 Å². The minimum atomic E-state index is -4.21. The predicted octanol–water partition coefficient (Wildman–Crippen LogP) is 2.73. The first-order chi connectivity index (χ1) is 11.3. The first-order valence-corrected chi connectivity index (χ1v) is 9.56. The Kier molecular flexibility index (Phi) is 5.39. The number of rotatable bonds is 3. The Morgan fingerprint density at radius 1 is 1.20 bits per heavy atom. The summed E-state index contributed by atoms with van der Waals surface area (Å²) in [6, 6.07) is 2.87. The van der Waals surface area contributed by atoms with Crippen LogP contribution >= 0.6 is 0 Å². The van der Waals surface area contributed by atoms with Gasteiger partial charge in [0.05, 0.1) is 23.2 Å². The second kappa shape index (κ2) is 6.75. The van der Waals surface area contributed by atoms with Gasteiger partial charge in [0.15, 0.2) is 14.9 Å². The number of aromatic nitrogens is 1. The van der Waals surface area contributed by atoms with Crippen LogP contribution in [0.3, 0.4) is 0 Å². The van der Waals surface area contributed by atoms with E-state index in [2.05, 4.69) is 4.98 Å². The third kappa shape index (κ3) is 4.63. The quantitative estimate of drug-likeness (QED) is 0.808. The summed E-state index contributed by atoms with van der Waals surface area (Å²) in [5, 5.41) is 0.00695. The van der Waals surface area contributed by atoms with Gasteiger partial charge in [-0.15, -0.1) is 0 Å². The first kappa shape index (κ1) is 20.0. The van der Waals surface area contributed by atoms with E-state index in [1.54, 1.807) is 33.8 Å². The van der Waals surface area contributed by atoms with Gasteiger partial charge in [-0.25, -0.2) is 13.4 Å². The second-order valence-corrected chi connectivity index (χ2v) is 10.0.